The van der Waals surface area contributed by atoms with Crippen molar-refractivity contribution >= 4 is 11.9 Å². The molecule has 2 aromatic rings. The van der Waals surface area contributed by atoms with Gasteiger partial charge in [-0.25, -0.2) is 14.0 Å². The van der Waals surface area contributed by atoms with E-state index in [1.54, 1.807) is 18.2 Å². The van der Waals surface area contributed by atoms with Gasteiger partial charge in [-0.2, -0.15) is 0 Å². The third kappa shape index (κ3) is 2.23. The molecule has 2 N–H and O–H groups in total. The lowest BCUT2D eigenvalue weighted by molar-refractivity contribution is -0.161. The van der Waals surface area contributed by atoms with E-state index in [4.69, 9.17) is 9.84 Å². The molecule has 1 aliphatic heterocycles. The molecule has 22 heavy (non-hydrogen) atoms. The second-order valence-corrected chi connectivity index (χ2v) is 5.02. The number of cyclic esters (lactones) is 1. The summed E-state index contributed by atoms with van der Waals surface area (Å²) in [4.78, 5) is 22.7. The number of fused-ring (bicyclic) bond motifs is 1. The molecule has 2 aromatic carbocycles. The fraction of sp³-hybridized carbons (Fsp3) is 0.125. The van der Waals surface area contributed by atoms with Crippen LogP contribution in [0.25, 0.3) is 0 Å². The number of benzene rings is 2. The van der Waals surface area contributed by atoms with E-state index in [1.807, 2.05) is 0 Å². The minimum atomic E-state index is -1.89. The van der Waals surface area contributed by atoms with Crippen LogP contribution >= 0.6 is 0 Å². The normalized spacial score (nSPS) is 19.6. The van der Waals surface area contributed by atoms with Gasteiger partial charge in [0.1, 0.15) is 5.82 Å². The molecule has 0 amide bonds. The molecule has 112 valence electrons. The zero-order valence-electron chi connectivity index (χ0n) is 11.2. The van der Waals surface area contributed by atoms with Gasteiger partial charge < -0.3 is 14.9 Å². The summed E-state index contributed by atoms with van der Waals surface area (Å²) in [6.07, 6.45) is -0.170. The first kappa shape index (κ1) is 14.2. The van der Waals surface area contributed by atoms with Gasteiger partial charge in [-0.3, -0.25) is 0 Å². The Morgan fingerprint density at radius 1 is 1.23 bits per heavy atom. The van der Waals surface area contributed by atoms with Crippen molar-refractivity contribution in [2.24, 2.45) is 0 Å². The fourth-order valence-corrected chi connectivity index (χ4v) is 2.52. The van der Waals surface area contributed by atoms with Gasteiger partial charge in [-0.1, -0.05) is 24.3 Å². The van der Waals surface area contributed by atoms with E-state index in [9.17, 15) is 19.1 Å². The maximum absolute atomic E-state index is 13.4. The molecule has 5 nitrogen and oxygen atoms in total. The topological polar surface area (TPSA) is 83.8 Å². The summed E-state index contributed by atoms with van der Waals surface area (Å²) in [5.41, 5.74) is 0.399. The molecule has 1 heterocycles. The van der Waals surface area contributed by atoms with E-state index in [0.717, 1.165) is 12.1 Å². The largest absolute Gasteiger partial charge is 0.478 e. The van der Waals surface area contributed by atoms with Gasteiger partial charge in [0.25, 0.3) is 0 Å². The highest BCUT2D eigenvalue weighted by Crippen LogP contribution is 2.37. The third-order valence-electron chi connectivity index (χ3n) is 3.53. The smallest absolute Gasteiger partial charge is 0.341 e. The monoisotopic (exact) mass is 302 g/mol. The number of carboxylic acid groups (broad SMARTS) is 1. The van der Waals surface area contributed by atoms with E-state index >= 15 is 0 Å². The van der Waals surface area contributed by atoms with E-state index in [-0.39, 0.29) is 12.0 Å². The Labute approximate surface area is 124 Å². The molecule has 1 unspecified atom stereocenters. The molecule has 0 bridgehead atoms. The van der Waals surface area contributed by atoms with Crippen molar-refractivity contribution in [2.45, 2.75) is 12.2 Å². The Balaban J connectivity index is 1.99. The molecule has 0 radical (unpaired) electrons. The van der Waals surface area contributed by atoms with Crippen LogP contribution in [0.2, 0.25) is 0 Å². The molecule has 0 saturated heterocycles. The number of esters is 1. The molecule has 1 atom stereocenters. The average Bonchev–Trinajstić information content (AvgIpc) is 2.73. The maximum Gasteiger partial charge on any atom is 0.341 e. The molecule has 0 aliphatic carbocycles. The second-order valence-electron chi connectivity index (χ2n) is 5.02. The Kier molecular flexibility index (Phi) is 3.18. The first-order valence-corrected chi connectivity index (χ1v) is 6.48. The van der Waals surface area contributed by atoms with Gasteiger partial charge in [0, 0.05) is 12.0 Å². The lowest BCUT2D eigenvalue weighted by Gasteiger charge is -2.22. The summed E-state index contributed by atoms with van der Waals surface area (Å²) in [5.74, 6) is -4.82. The van der Waals surface area contributed by atoms with E-state index in [1.165, 1.54) is 12.1 Å². The summed E-state index contributed by atoms with van der Waals surface area (Å²) in [7, 11) is 0. The number of carbonyl (C=O) groups is 2. The van der Waals surface area contributed by atoms with Crippen molar-refractivity contribution in [1.29, 1.82) is 0 Å². The van der Waals surface area contributed by atoms with Crippen LogP contribution in [-0.4, -0.2) is 22.2 Å². The minimum absolute atomic E-state index is 0.170. The summed E-state index contributed by atoms with van der Waals surface area (Å²) in [6, 6.07) is 9.85. The number of hydrogen-bond acceptors (Lipinski definition) is 4. The number of halogens is 1. The van der Waals surface area contributed by atoms with Crippen LogP contribution < -0.4 is 0 Å². The maximum atomic E-state index is 13.4. The van der Waals surface area contributed by atoms with Crippen LogP contribution in [0.5, 0.6) is 0 Å². The number of carboxylic acids is 1. The van der Waals surface area contributed by atoms with E-state index in [2.05, 4.69) is 0 Å². The van der Waals surface area contributed by atoms with Crippen LogP contribution in [0.3, 0.4) is 0 Å². The summed E-state index contributed by atoms with van der Waals surface area (Å²) >= 11 is 0. The van der Waals surface area contributed by atoms with Crippen molar-refractivity contribution in [3.05, 3.63) is 70.5 Å². The molecule has 0 saturated carbocycles. The Morgan fingerprint density at radius 3 is 2.68 bits per heavy atom. The first-order chi connectivity index (χ1) is 10.4. The third-order valence-corrected chi connectivity index (χ3v) is 3.53. The Bertz CT molecular complexity index is 786. The molecule has 1 aliphatic rings. The number of aromatic carboxylic acids is 1. The minimum Gasteiger partial charge on any atom is -0.478 e. The van der Waals surface area contributed by atoms with E-state index in [0.29, 0.717) is 11.1 Å². The van der Waals surface area contributed by atoms with Crippen molar-refractivity contribution in [1.82, 2.24) is 0 Å². The van der Waals surface area contributed by atoms with Gasteiger partial charge in [0.2, 0.25) is 5.79 Å². The zero-order valence-corrected chi connectivity index (χ0v) is 11.2. The molecular formula is C16H11FO5. The molecular weight excluding hydrogens is 291 g/mol. The average molecular weight is 302 g/mol. The van der Waals surface area contributed by atoms with Crippen molar-refractivity contribution in [3.8, 4) is 0 Å². The van der Waals surface area contributed by atoms with Gasteiger partial charge in [0.15, 0.2) is 0 Å². The van der Waals surface area contributed by atoms with Gasteiger partial charge in [-0.15, -0.1) is 0 Å². The zero-order chi connectivity index (χ0) is 15.9. The standard InChI is InChI=1S/C16H11FO5/c17-13-6-5-9(7-11(13)14(18)19)8-16(21)12-4-2-1-3-10(12)15(20)22-16/h1-7,21H,8H2,(H,18,19). The SMILES string of the molecule is O=C(O)c1cc(CC2(O)OC(=O)c3ccccc32)ccc1F. The number of hydrogen-bond donors (Lipinski definition) is 2. The van der Waals surface area contributed by atoms with Gasteiger partial charge in [-0.05, 0) is 23.8 Å². The predicted octanol–water partition coefficient (Wildman–Crippen LogP) is 2.08. The Morgan fingerprint density at radius 2 is 1.95 bits per heavy atom. The fourth-order valence-electron chi connectivity index (χ4n) is 2.52. The van der Waals surface area contributed by atoms with Crippen molar-refractivity contribution in [2.75, 3.05) is 0 Å². The molecule has 0 fully saturated rings. The lowest BCUT2D eigenvalue weighted by Crippen LogP contribution is -2.28. The molecule has 6 heteroatoms. The van der Waals surface area contributed by atoms with Crippen molar-refractivity contribution < 1.29 is 28.9 Å². The van der Waals surface area contributed by atoms with Crippen LogP contribution in [-0.2, 0) is 16.9 Å². The quantitative estimate of drug-likeness (QED) is 0.848. The number of rotatable bonds is 3. The van der Waals surface area contributed by atoms with Crippen LogP contribution in [0.1, 0.15) is 31.8 Å². The van der Waals surface area contributed by atoms with E-state index < -0.39 is 29.1 Å². The van der Waals surface area contributed by atoms with Gasteiger partial charge in [0.05, 0.1) is 11.1 Å². The summed E-state index contributed by atoms with van der Waals surface area (Å²) < 4.78 is 18.4. The predicted molar refractivity (Wildman–Crippen MR) is 72.8 cm³/mol. The van der Waals surface area contributed by atoms with Crippen LogP contribution in [0, 0.1) is 5.82 Å². The molecule has 0 aromatic heterocycles. The highest BCUT2D eigenvalue weighted by molar-refractivity contribution is 5.94. The number of carbonyl (C=O) groups excluding carboxylic acids is 1. The number of aliphatic hydroxyl groups is 1. The van der Waals surface area contributed by atoms with Crippen LogP contribution in [0.4, 0.5) is 4.39 Å². The summed E-state index contributed by atoms with van der Waals surface area (Å²) in [6.45, 7) is 0. The highest BCUT2D eigenvalue weighted by atomic mass is 19.1. The number of ether oxygens (including phenoxy) is 1. The Hall–Kier alpha value is -2.73. The molecule has 0 spiro atoms. The van der Waals surface area contributed by atoms with Crippen molar-refractivity contribution in [3.63, 3.8) is 0 Å². The first-order valence-electron chi connectivity index (χ1n) is 6.48. The van der Waals surface area contributed by atoms with Crippen LogP contribution in [0.15, 0.2) is 42.5 Å². The molecule has 3 rings (SSSR count). The van der Waals surface area contributed by atoms with Gasteiger partial charge >= 0.3 is 11.9 Å². The second kappa shape index (κ2) is 4.92. The lowest BCUT2D eigenvalue weighted by atomic mass is 9.95. The highest BCUT2D eigenvalue weighted by Gasteiger charge is 2.43. The summed E-state index contributed by atoms with van der Waals surface area (Å²) in [5, 5.41) is 19.5.